The summed E-state index contributed by atoms with van der Waals surface area (Å²) in [6.45, 7) is 5.43. The van der Waals surface area contributed by atoms with E-state index < -0.39 is 8.57 Å². The summed E-state index contributed by atoms with van der Waals surface area (Å²) in [5.74, 6) is 0. The van der Waals surface area contributed by atoms with Gasteiger partial charge in [0.1, 0.15) is 0 Å². The van der Waals surface area contributed by atoms with Gasteiger partial charge in [-0.1, -0.05) is 48.5 Å². The average molecular weight is 286 g/mol. The van der Waals surface area contributed by atoms with Gasteiger partial charge in [0.2, 0.25) is 0 Å². The Labute approximate surface area is 120 Å². The summed E-state index contributed by atoms with van der Waals surface area (Å²) in [5, 5.41) is 5.15. The normalized spacial score (nSPS) is 13.4. The van der Waals surface area contributed by atoms with Gasteiger partial charge in [0.25, 0.3) is 0 Å². The van der Waals surface area contributed by atoms with Gasteiger partial charge < -0.3 is 0 Å². The number of hydrazone groups is 1. The molecule has 0 heterocycles. The van der Waals surface area contributed by atoms with E-state index in [2.05, 4.69) is 5.10 Å². The maximum absolute atomic E-state index is 15.5. The standard InChI is InChI=1S/C16H19FN2Si/c1-14(2)18-19(15-10-6-4-7-11-15)20(3,17)16-12-8-5-9-13-16/h4-13H,1-3H3. The maximum atomic E-state index is 15.5. The smallest absolute Gasteiger partial charge is 0.277 e. The maximum Gasteiger partial charge on any atom is 0.397 e. The summed E-state index contributed by atoms with van der Waals surface area (Å²) >= 11 is 0. The van der Waals surface area contributed by atoms with E-state index in [1.54, 1.807) is 11.2 Å². The van der Waals surface area contributed by atoms with Gasteiger partial charge in [-0.15, -0.1) is 0 Å². The van der Waals surface area contributed by atoms with Crippen molar-refractivity contribution >= 4 is 25.2 Å². The fourth-order valence-corrected chi connectivity index (χ4v) is 4.10. The first-order valence-corrected chi connectivity index (χ1v) is 8.96. The molecule has 2 rings (SSSR count). The van der Waals surface area contributed by atoms with Crippen molar-refractivity contribution in [3.8, 4) is 0 Å². The fourth-order valence-electron chi connectivity index (χ4n) is 2.03. The zero-order valence-electron chi connectivity index (χ0n) is 12.0. The lowest BCUT2D eigenvalue weighted by molar-refractivity contribution is 0.782. The van der Waals surface area contributed by atoms with E-state index in [-0.39, 0.29) is 0 Å². The van der Waals surface area contributed by atoms with Crippen LogP contribution >= 0.6 is 0 Å². The molecule has 0 spiro atoms. The molecule has 0 aliphatic rings. The van der Waals surface area contributed by atoms with E-state index in [0.717, 1.165) is 11.4 Å². The number of benzene rings is 2. The number of para-hydroxylation sites is 1. The van der Waals surface area contributed by atoms with Crippen molar-refractivity contribution in [1.29, 1.82) is 0 Å². The molecule has 0 amide bonds. The van der Waals surface area contributed by atoms with Crippen LogP contribution in [0.4, 0.5) is 9.80 Å². The first-order valence-electron chi connectivity index (χ1n) is 6.63. The molecular weight excluding hydrogens is 267 g/mol. The van der Waals surface area contributed by atoms with Crippen LogP contribution in [-0.2, 0) is 0 Å². The first-order chi connectivity index (χ1) is 9.51. The highest BCUT2D eigenvalue weighted by molar-refractivity contribution is 6.88. The number of halogens is 1. The minimum absolute atomic E-state index is 0.717. The molecule has 0 aliphatic carbocycles. The second-order valence-corrected chi connectivity index (χ2v) is 7.92. The molecule has 1 atom stereocenters. The van der Waals surface area contributed by atoms with Crippen molar-refractivity contribution in [3.05, 3.63) is 60.7 Å². The Hall–Kier alpha value is -1.94. The molecule has 2 aromatic rings. The van der Waals surface area contributed by atoms with Crippen molar-refractivity contribution in [2.75, 3.05) is 4.67 Å². The molecular formula is C16H19FN2Si. The SMILES string of the molecule is CC(C)=NN(c1ccccc1)[Si](C)(F)c1ccccc1. The predicted octanol–water partition coefficient (Wildman–Crippen LogP) is 3.84. The molecule has 0 saturated heterocycles. The fraction of sp³-hybridized carbons (Fsp3) is 0.188. The van der Waals surface area contributed by atoms with Crippen LogP contribution in [0.25, 0.3) is 0 Å². The van der Waals surface area contributed by atoms with Gasteiger partial charge in [-0.2, -0.15) is 5.10 Å². The molecule has 0 bridgehead atoms. The van der Waals surface area contributed by atoms with Gasteiger partial charge in [0.05, 0.1) is 5.69 Å². The Bertz CT molecular complexity index is 578. The highest BCUT2D eigenvalue weighted by atomic mass is 28.4. The molecule has 0 aliphatic heterocycles. The zero-order chi connectivity index (χ0) is 14.6. The molecule has 1 unspecified atom stereocenters. The van der Waals surface area contributed by atoms with Crippen LogP contribution in [0.15, 0.2) is 65.8 Å². The van der Waals surface area contributed by atoms with Crippen LogP contribution in [0.3, 0.4) is 0 Å². The lowest BCUT2D eigenvalue weighted by Crippen LogP contribution is -2.55. The van der Waals surface area contributed by atoms with Crippen LogP contribution in [0.5, 0.6) is 0 Å². The zero-order valence-corrected chi connectivity index (χ0v) is 13.0. The molecule has 104 valence electrons. The van der Waals surface area contributed by atoms with E-state index in [1.807, 2.05) is 74.5 Å². The highest BCUT2D eigenvalue weighted by Crippen LogP contribution is 2.23. The Morgan fingerprint density at radius 2 is 1.45 bits per heavy atom. The van der Waals surface area contributed by atoms with Crippen molar-refractivity contribution < 1.29 is 4.11 Å². The van der Waals surface area contributed by atoms with Crippen LogP contribution < -0.4 is 9.86 Å². The summed E-state index contributed by atoms with van der Waals surface area (Å²) in [4.78, 5) is 0. The first kappa shape index (κ1) is 14.5. The summed E-state index contributed by atoms with van der Waals surface area (Å²) < 4.78 is 17.1. The van der Waals surface area contributed by atoms with E-state index in [4.69, 9.17) is 0 Å². The Morgan fingerprint density at radius 3 is 1.95 bits per heavy atom. The number of nitrogens with zero attached hydrogens (tertiary/aromatic N) is 2. The number of hydrogen-bond acceptors (Lipinski definition) is 2. The minimum Gasteiger partial charge on any atom is -0.277 e. The molecule has 4 heteroatoms. The quantitative estimate of drug-likeness (QED) is 0.361. The van der Waals surface area contributed by atoms with Crippen LogP contribution in [0, 0.1) is 0 Å². The van der Waals surface area contributed by atoms with Crippen molar-refractivity contribution in [2.24, 2.45) is 5.10 Å². The van der Waals surface area contributed by atoms with Gasteiger partial charge >= 0.3 is 8.57 Å². The molecule has 0 fully saturated rings. The Balaban J connectivity index is 2.49. The van der Waals surface area contributed by atoms with Crippen LogP contribution in [-0.4, -0.2) is 14.3 Å². The molecule has 0 saturated carbocycles. The molecule has 2 aromatic carbocycles. The van der Waals surface area contributed by atoms with E-state index in [9.17, 15) is 0 Å². The minimum atomic E-state index is -3.37. The summed E-state index contributed by atoms with van der Waals surface area (Å²) in [7, 11) is -3.37. The van der Waals surface area contributed by atoms with E-state index in [1.165, 1.54) is 0 Å². The lowest BCUT2D eigenvalue weighted by atomic mass is 10.3. The molecule has 0 radical (unpaired) electrons. The second kappa shape index (κ2) is 6.01. The predicted molar refractivity (Wildman–Crippen MR) is 86.5 cm³/mol. The molecule has 0 aromatic heterocycles. The van der Waals surface area contributed by atoms with Gasteiger partial charge in [-0.05, 0) is 37.7 Å². The van der Waals surface area contributed by atoms with E-state index in [0.29, 0.717) is 5.19 Å². The summed E-state index contributed by atoms with van der Waals surface area (Å²) in [5.41, 5.74) is 1.62. The number of rotatable bonds is 4. The van der Waals surface area contributed by atoms with Gasteiger partial charge in [-0.25, -0.2) is 0 Å². The van der Waals surface area contributed by atoms with Gasteiger partial charge in [0.15, 0.2) is 0 Å². The van der Waals surface area contributed by atoms with Crippen molar-refractivity contribution in [3.63, 3.8) is 0 Å². The Kier molecular flexibility index (Phi) is 4.34. The van der Waals surface area contributed by atoms with Crippen LogP contribution in [0.2, 0.25) is 6.55 Å². The number of hydrogen-bond donors (Lipinski definition) is 0. The molecule has 2 nitrogen and oxygen atoms in total. The summed E-state index contributed by atoms with van der Waals surface area (Å²) in [6.07, 6.45) is 0. The van der Waals surface area contributed by atoms with Crippen LogP contribution in [0.1, 0.15) is 13.8 Å². The third-order valence-electron chi connectivity index (χ3n) is 3.00. The van der Waals surface area contributed by atoms with Crippen molar-refractivity contribution in [2.45, 2.75) is 20.4 Å². The largest absolute Gasteiger partial charge is 0.397 e. The molecule has 0 N–H and O–H groups in total. The second-order valence-electron chi connectivity index (χ2n) is 5.01. The number of anilines is 1. The third-order valence-corrected chi connectivity index (χ3v) is 5.54. The Morgan fingerprint density at radius 1 is 0.950 bits per heavy atom. The lowest BCUT2D eigenvalue weighted by Gasteiger charge is -2.31. The van der Waals surface area contributed by atoms with Gasteiger partial charge in [0, 0.05) is 5.71 Å². The topological polar surface area (TPSA) is 15.6 Å². The molecule has 20 heavy (non-hydrogen) atoms. The average Bonchev–Trinajstić information content (AvgIpc) is 2.46. The van der Waals surface area contributed by atoms with Gasteiger partial charge in [-0.3, -0.25) is 8.78 Å². The summed E-state index contributed by atoms with van der Waals surface area (Å²) in [6, 6.07) is 18.8. The third kappa shape index (κ3) is 3.14. The highest BCUT2D eigenvalue weighted by Gasteiger charge is 2.39. The van der Waals surface area contributed by atoms with E-state index >= 15 is 4.11 Å². The van der Waals surface area contributed by atoms with Crippen molar-refractivity contribution in [1.82, 2.24) is 0 Å². The monoisotopic (exact) mass is 286 g/mol.